The zero-order valence-electron chi connectivity index (χ0n) is 17.2. The van der Waals surface area contributed by atoms with Gasteiger partial charge in [0.05, 0.1) is 14.2 Å². The Morgan fingerprint density at radius 2 is 1.86 bits per heavy atom. The third-order valence-corrected chi connectivity index (χ3v) is 5.04. The lowest BCUT2D eigenvalue weighted by molar-refractivity contribution is -0.121. The van der Waals surface area contributed by atoms with Gasteiger partial charge >= 0.3 is 0 Å². The topological polar surface area (TPSA) is 72.6 Å². The number of H-pyrrole nitrogens is 1. The van der Waals surface area contributed by atoms with Crippen LogP contribution in [0.15, 0.2) is 48.7 Å². The van der Waals surface area contributed by atoms with E-state index in [1.54, 1.807) is 21.3 Å². The first-order valence-corrected chi connectivity index (χ1v) is 9.72. The van der Waals surface area contributed by atoms with Gasteiger partial charge in [0, 0.05) is 55.3 Å². The maximum absolute atomic E-state index is 12.7. The molecule has 0 bridgehead atoms. The smallest absolute Gasteiger partial charge is 0.220 e. The number of ether oxygens (including phenoxy) is 3. The number of hydrogen-bond acceptors (Lipinski definition) is 4. The number of methoxy groups -OCH3 is 3. The van der Waals surface area contributed by atoms with E-state index in [1.807, 2.05) is 42.6 Å². The molecule has 0 saturated heterocycles. The third kappa shape index (κ3) is 4.71. The minimum absolute atomic E-state index is 0.0127. The molecule has 0 saturated carbocycles. The minimum Gasteiger partial charge on any atom is -0.493 e. The summed E-state index contributed by atoms with van der Waals surface area (Å²) < 4.78 is 16.2. The molecule has 1 amide bonds. The Morgan fingerprint density at radius 3 is 2.62 bits per heavy atom. The molecule has 3 aromatic rings. The second kappa shape index (κ2) is 9.98. The van der Waals surface area contributed by atoms with Gasteiger partial charge in [-0.3, -0.25) is 4.79 Å². The Hall–Kier alpha value is -2.99. The van der Waals surface area contributed by atoms with Gasteiger partial charge < -0.3 is 24.5 Å². The third-order valence-electron chi connectivity index (χ3n) is 5.04. The first-order valence-electron chi connectivity index (χ1n) is 9.72. The molecule has 6 nitrogen and oxygen atoms in total. The van der Waals surface area contributed by atoms with Crippen LogP contribution in [0.3, 0.4) is 0 Å². The van der Waals surface area contributed by atoms with Crippen molar-refractivity contribution in [2.45, 2.75) is 18.8 Å². The number of rotatable bonds is 10. The first kappa shape index (κ1) is 20.7. The predicted octanol–water partition coefficient (Wildman–Crippen LogP) is 3.86. The Labute approximate surface area is 171 Å². The molecular weight excluding hydrogens is 368 g/mol. The molecule has 0 aliphatic carbocycles. The van der Waals surface area contributed by atoms with Crippen LogP contribution in [-0.4, -0.2) is 45.4 Å². The summed E-state index contributed by atoms with van der Waals surface area (Å²) in [6.45, 7) is 1.21. The fraction of sp³-hybridized carbons (Fsp3) is 0.348. The first-order chi connectivity index (χ1) is 14.2. The van der Waals surface area contributed by atoms with Crippen LogP contribution in [-0.2, 0) is 9.53 Å². The molecule has 0 spiro atoms. The van der Waals surface area contributed by atoms with Gasteiger partial charge in [-0.05, 0) is 24.1 Å². The average molecular weight is 396 g/mol. The molecule has 1 atom stereocenters. The van der Waals surface area contributed by atoms with E-state index in [0.717, 1.165) is 28.5 Å². The number of aromatic amines is 1. The van der Waals surface area contributed by atoms with E-state index in [2.05, 4.69) is 16.4 Å². The number of benzene rings is 2. The summed E-state index contributed by atoms with van der Waals surface area (Å²) in [6.07, 6.45) is 3.06. The molecule has 2 N–H and O–H groups in total. The van der Waals surface area contributed by atoms with Gasteiger partial charge in [0.15, 0.2) is 11.5 Å². The fourth-order valence-electron chi connectivity index (χ4n) is 3.66. The molecule has 0 radical (unpaired) electrons. The Morgan fingerprint density at radius 1 is 1.03 bits per heavy atom. The van der Waals surface area contributed by atoms with Gasteiger partial charge in [0.25, 0.3) is 0 Å². The highest BCUT2D eigenvalue weighted by molar-refractivity contribution is 5.86. The van der Waals surface area contributed by atoms with Crippen molar-refractivity contribution in [2.75, 3.05) is 34.5 Å². The highest BCUT2D eigenvalue weighted by atomic mass is 16.5. The van der Waals surface area contributed by atoms with E-state index < -0.39 is 0 Å². The van der Waals surface area contributed by atoms with Crippen molar-refractivity contribution >= 4 is 16.8 Å². The van der Waals surface area contributed by atoms with Gasteiger partial charge in [-0.15, -0.1) is 0 Å². The molecule has 0 aliphatic heterocycles. The van der Waals surface area contributed by atoms with Crippen molar-refractivity contribution < 1.29 is 19.0 Å². The SMILES string of the molecule is COCCCNC(=O)C[C@@H](c1cccc(OC)c1OC)c1c[nH]c2ccccc12. The van der Waals surface area contributed by atoms with Crippen molar-refractivity contribution in [1.29, 1.82) is 0 Å². The number of aromatic nitrogens is 1. The van der Waals surface area contributed by atoms with Crippen molar-refractivity contribution in [1.82, 2.24) is 10.3 Å². The quantitative estimate of drug-likeness (QED) is 0.511. The van der Waals surface area contributed by atoms with E-state index in [9.17, 15) is 4.79 Å². The maximum Gasteiger partial charge on any atom is 0.220 e. The lowest BCUT2D eigenvalue weighted by Crippen LogP contribution is -2.27. The van der Waals surface area contributed by atoms with Crippen molar-refractivity contribution in [2.24, 2.45) is 0 Å². The molecular formula is C23H28N2O4. The monoisotopic (exact) mass is 396 g/mol. The largest absolute Gasteiger partial charge is 0.493 e. The molecule has 29 heavy (non-hydrogen) atoms. The van der Waals surface area contributed by atoms with E-state index in [-0.39, 0.29) is 11.8 Å². The Kier molecular flexibility index (Phi) is 7.14. The van der Waals surface area contributed by atoms with Crippen molar-refractivity contribution in [3.05, 3.63) is 59.8 Å². The van der Waals surface area contributed by atoms with Crippen molar-refractivity contribution in [3.8, 4) is 11.5 Å². The normalized spacial score (nSPS) is 12.0. The molecule has 0 unspecified atom stereocenters. The minimum atomic E-state index is -0.182. The van der Waals surface area contributed by atoms with Crippen LogP contribution in [0.5, 0.6) is 11.5 Å². The van der Waals surface area contributed by atoms with Crippen LogP contribution in [0.1, 0.15) is 29.9 Å². The lowest BCUT2D eigenvalue weighted by Gasteiger charge is -2.21. The number of carbonyl (C=O) groups is 1. The highest BCUT2D eigenvalue weighted by Gasteiger charge is 2.25. The molecule has 1 heterocycles. The summed E-state index contributed by atoms with van der Waals surface area (Å²) in [7, 11) is 4.90. The summed E-state index contributed by atoms with van der Waals surface area (Å²) in [5.74, 6) is 1.10. The van der Waals surface area contributed by atoms with E-state index >= 15 is 0 Å². The summed E-state index contributed by atoms with van der Waals surface area (Å²) in [5.41, 5.74) is 3.01. The van der Waals surface area contributed by atoms with Crippen LogP contribution in [0, 0.1) is 0 Å². The summed E-state index contributed by atoms with van der Waals surface area (Å²) in [5, 5.41) is 4.08. The standard InChI is InChI=1S/C23H28N2O4/c1-27-13-7-12-24-22(26)14-18(17-9-6-11-21(28-2)23(17)29-3)19-15-25-20-10-5-4-8-16(19)20/h4-6,8-11,15,18,25H,7,12-14H2,1-3H3,(H,24,26)/t18-/m0/s1. The highest BCUT2D eigenvalue weighted by Crippen LogP contribution is 2.41. The van der Waals surface area contributed by atoms with Crippen LogP contribution < -0.4 is 14.8 Å². The molecule has 0 aliphatic rings. The second-order valence-electron chi connectivity index (χ2n) is 6.83. The average Bonchev–Trinajstić information content (AvgIpc) is 3.18. The zero-order chi connectivity index (χ0) is 20.6. The number of hydrogen-bond donors (Lipinski definition) is 2. The van der Waals surface area contributed by atoms with Crippen LogP contribution in [0.4, 0.5) is 0 Å². The molecule has 1 aromatic heterocycles. The molecule has 2 aromatic carbocycles. The molecule has 154 valence electrons. The van der Waals surface area contributed by atoms with Gasteiger partial charge in [-0.25, -0.2) is 0 Å². The predicted molar refractivity (Wildman–Crippen MR) is 114 cm³/mol. The summed E-state index contributed by atoms with van der Waals surface area (Å²) in [4.78, 5) is 16.1. The second-order valence-corrected chi connectivity index (χ2v) is 6.83. The molecule has 3 rings (SSSR count). The number of fused-ring (bicyclic) bond motifs is 1. The van der Waals surface area contributed by atoms with Gasteiger partial charge in [-0.2, -0.15) is 0 Å². The maximum atomic E-state index is 12.7. The molecule has 0 fully saturated rings. The van der Waals surface area contributed by atoms with Crippen molar-refractivity contribution in [3.63, 3.8) is 0 Å². The number of para-hydroxylation sites is 2. The lowest BCUT2D eigenvalue weighted by atomic mass is 9.87. The summed E-state index contributed by atoms with van der Waals surface area (Å²) in [6, 6.07) is 13.9. The van der Waals surface area contributed by atoms with Crippen LogP contribution in [0.25, 0.3) is 10.9 Å². The number of amides is 1. The van der Waals surface area contributed by atoms with E-state index in [4.69, 9.17) is 14.2 Å². The Balaban J connectivity index is 1.98. The summed E-state index contributed by atoms with van der Waals surface area (Å²) >= 11 is 0. The number of carbonyl (C=O) groups excluding carboxylic acids is 1. The van der Waals surface area contributed by atoms with Gasteiger partial charge in [0.2, 0.25) is 5.91 Å². The van der Waals surface area contributed by atoms with E-state index in [1.165, 1.54) is 0 Å². The fourth-order valence-corrected chi connectivity index (χ4v) is 3.66. The van der Waals surface area contributed by atoms with Gasteiger partial charge in [0.1, 0.15) is 0 Å². The zero-order valence-corrected chi connectivity index (χ0v) is 17.2. The molecule has 6 heteroatoms. The van der Waals surface area contributed by atoms with Crippen LogP contribution in [0.2, 0.25) is 0 Å². The van der Waals surface area contributed by atoms with Gasteiger partial charge in [-0.1, -0.05) is 30.3 Å². The number of nitrogens with one attached hydrogen (secondary N) is 2. The van der Waals surface area contributed by atoms with E-state index in [0.29, 0.717) is 31.1 Å². The van der Waals surface area contributed by atoms with Crippen LogP contribution >= 0.6 is 0 Å². The Bertz CT molecular complexity index is 951.